The summed E-state index contributed by atoms with van der Waals surface area (Å²) < 4.78 is 2.54. The highest BCUT2D eigenvalue weighted by Crippen LogP contribution is 2.29. The largest absolute Gasteiger partial charge is 0.318 e. The first-order chi connectivity index (χ1) is 13.8. The second-order valence-corrected chi connectivity index (χ2v) is 7.50. The number of carbonyl (C=O) groups is 1. The van der Waals surface area contributed by atoms with Gasteiger partial charge in [-0.25, -0.2) is 5.43 Å². The smallest absolute Gasteiger partial charge is 0.289 e. The van der Waals surface area contributed by atoms with Crippen LogP contribution >= 0.6 is 27.5 Å². The predicted octanol–water partition coefficient (Wildman–Crippen LogP) is 5.18. The van der Waals surface area contributed by atoms with Gasteiger partial charge in [-0.15, -0.1) is 0 Å². The summed E-state index contributed by atoms with van der Waals surface area (Å²) in [6, 6.07) is 13.6. The van der Waals surface area contributed by atoms with E-state index in [0.717, 1.165) is 17.0 Å². The molecule has 0 atom stereocenters. The molecule has 9 heteroatoms. The molecule has 3 aromatic rings. The molecule has 148 valence electrons. The first-order valence-corrected chi connectivity index (χ1v) is 9.68. The first kappa shape index (κ1) is 20.8. The number of nitrogens with zero attached hydrogens (tertiary/aromatic N) is 3. The Labute approximate surface area is 180 Å². The minimum atomic E-state index is -0.514. The zero-order valence-corrected chi connectivity index (χ0v) is 17.9. The fourth-order valence-corrected chi connectivity index (χ4v) is 3.61. The molecule has 0 fully saturated rings. The zero-order chi connectivity index (χ0) is 21.1. The average molecular weight is 476 g/mol. The van der Waals surface area contributed by atoms with Crippen molar-refractivity contribution in [1.82, 2.24) is 9.99 Å². The van der Waals surface area contributed by atoms with Gasteiger partial charge < -0.3 is 4.57 Å². The van der Waals surface area contributed by atoms with Gasteiger partial charge in [0.2, 0.25) is 0 Å². The van der Waals surface area contributed by atoms with Crippen LogP contribution < -0.4 is 5.43 Å². The molecular weight excluding hydrogens is 460 g/mol. The van der Waals surface area contributed by atoms with E-state index in [1.807, 2.05) is 30.5 Å². The van der Waals surface area contributed by atoms with E-state index in [0.29, 0.717) is 15.7 Å². The summed E-state index contributed by atoms with van der Waals surface area (Å²) in [7, 11) is 0. The Morgan fingerprint density at radius 2 is 1.97 bits per heavy atom. The Bertz CT molecular complexity index is 1140. The van der Waals surface area contributed by atoms with Gasteiger partial charge in [0.15, 0.2) is 0 Å². The van der Waals surface area contributed by atoms with Crippen molar-refractivity contribution in [2.45, 2.75) is 13.8 Å². The minimum Gasteiger partial charge on any atom is -0.318 e. The van der Waals surface area contributed by atoms with Crippen LogP contribution in [0.3, 0.4) is 0 Å². The van der Waals surface area contributed by atoms with Crippen molar-refractivity contribution < 1.29 is 9.72 Å². The van der Waals surface area contributed by atoms with Crippen molar-refractivity contribution in [1.29, 1.82) is 0 Å². The van der Waals surface area contributed by atoms with Crippen LogP contribution in [0.25, 0.3) is 5.69 Å². The Morgan fingerprint density at radius 1 is 1.24 bits per heavy atom. The molecule has 0 bridgehead atoms. The lowest BCUT2D eigenvalue weighted by Crippen LogP contribution is -2.18. The van der Waals surface area contributed by atoms with Crippen molar-refractivity contribution in [3.8, 4) is 5.69 Å². The molecular formula is C20H16BrClN4O3. The molecule has 29 heavy (non-hydrogen) atoms. The Kier molecular flexibility index (Phi) is 6.14. The number of aryl methyl sites for hydroxylation is 1. The molecule has 0 aliphatic rings. The first-order valence-electron chi connectivity index (χ1n) is 8.50. The summed E-state index contributed by atoms with van der Waals surface area (Å²) in [5.74, 6) is -0.337. The highest BCUT2D eigenvalue weighted by Gasteiger charge is 2.16. The van der Waals surface area contributed by atoms with Gasteiger partial charge in [-0.2, -0.15) is 5.10 Å². The zero-order valence-electron chi connectivity index (χ0n) is 15.5. The van der Waals surface area contributed by atoms with E-state index in [2.05, 4.69) is 26.5 Å². The molecule has 0 saturated carbocycles. The maximum atomic E-state index is 12.2. The Morgan fingerprint density at radius 3 is 2.66 bits per heavy atom. The number of carbonyl (C=O) groups excluding carboxylic acids is 1. The van der Waals surface area contributed by atoms with E-state index in [-0.39, 0.29) is 16.6 Å². The number of aromatic nitrogens is 1. The van der Waals surface area contributed by atoms with Crippen molar-refractivity contribution in [3.63, 3.8) is 0 Å². The van der Waals surface area contributed by atoms with E-state index in [1.165, 1.54) is 18.3 Å². The number of hydrogen-bond acceptors (Lipinski definition) is 4. The van der Waals surface area contributed by atoms with Gasteiger partial charge in [0, 0.05) is 27.5 Å². The van der Waals surface area contributed by atoms with Gasteiger partial charge >= 0.3 is 0 Å². The van der Waals surface area contributed by atoms with Gasteiger partial charge in [0.25, 0.3) is 11.6 Å². The molecule has 3 rings (SSSR count). The van der Waals surface area contributed by atoms with Gasteiger partial charge in [0.05, 0.1) is 22.4 Å². The summed E-state index contributed by atoms with van der Waals surface area (Å²) in [4.78, 5) is 22.9. The van der Waals surface area contributed by atoms with Crippen LogP contribution in [0.15, 0.2) is 58.1 Å². The summed E-state index contributed by atoms with van der Waals surface area (Å²) >= 11 is 9.24. The number of amides is 1. The standard InChI is InChI=1S/C20H16BrClN4O3/c1-12-9-14(11-23-24-20(27)16-5-3-4-6-17(16)21)13(2)25(12)15-7-8-18(22)19(10-15)26(28)29/h3-11H,1-2H3,(H,24,27)/b23-11-. The van der Waals surface area contributed by atoms with E-state index in [4.69, 9.17) is 11.6 Å². The third-order valence-corrected chi connectivity index (χ3v) is 5.35. The highest BCUT2D eigenvalue weighted by molar-refractivity contribution is 9.10. The van der Waals surface area contributed by atoms with Gasteiger partial charge in [-0.3, -0.25) is 14.9 Å². The van der Waals surface area contributed by atoms with Crippen molar-refractivity contribution in [3.05, 3.63) is 90.7 Å². The molecule has 0 aliphatic carbocycles. The second kappa shape index (κ2) is 8.59. The highest BCUT2D eigenvalue weighted by atomic mass is 79.9. The van der Waals surface area contributed by atoms with Crippen LogP contribution in [0, 0.1) is 24.0 Å². The molecule has 7 nitrogen and oxygen atoms in total. The number of benzene rings is 2. The SMILES string of the molecule is Cc1cc(/C=N\NC(=O)c2ccccc2Br)c(C)n1-c1ccc(Cl)c([N+](=O)[O-])c1. The number of nitrogens with one attached hydrogen (secondary N) is 1. The fraction of sp³-hybridized carbons (Fsp3) is 0.100. The molecule has 2 aromatic carbocycles. The van der Waals surface area contributed by atoms with Crippen LogP contribution in [0.5, 0.6) is 0 Å². The molecule has 0 spiro atoms. The predicted molar refractivity (Wildman–Crippen MR) is 116 cm³/mol. The monoisotopic (exact) mass is 474 g/mol. The molecule has 0 radical (unpaired) electrons. The van der Waals surface area contributed by atoms with E-state index in [9.17, 15) is 14.9 Å². The van der Waals surface area contributed by atoms with Crippen molar-refractivity contribution in [2.24, 2.45) is 5.10 Å². The van der Waals surface area contributed by atoms with Crippen LogP contribution in [0.4, 0.5) is 5.69 Å². The van der Waals surface area contributed by atoms with E-state index in [1.54, 1.807) is 24.3 Å². The summed E-state index contributed by atoms with van der Waals surface area (Å²) in [5, 5.41) is 15.3. The third kappa shape index (κ3) is 4.38. The van der Waals surface area contributed by atoms with Crippen molar-refractivity contribution in [2.75, 3.05) is 0 Å². The second-order valence-electron chi connectivity index (χ2n) is 6.23. The molecule has 1 N–H and O–H groups in total. The molecule has 0 saturated heterocycles. The van der Waals surface area contributed by atoms with E-state index >= 15 is 0 Å². The summed E-state index contributed by atoms with van der Waals surface area (Å²) in [6.45, 7) is 3.74. The fourth-order valence-electron chi connectivity index (χ4n) is 2.96. The Balaban J connectivity index is 1.86. The van der Waals surface area contributed by atoms with Crippen LogP contribution in [-0.4, -0.2) is 21.6 Å². The van der Waals surface area contributed by atoms with Gasteiger partial charge in [-0.05, 0) is 60.1 Å². The molecule has 1 aromatic heterocycles. The number of halogens is 2. The van der Waals surface area contributed by atoms with Gasteiger partial charge in [0.1, 0.15) is 5.02 Å². The molecule has 1 amide bonds. The maximum absolute atomic E-state index is 12.2. The lowest BCUT2D eigenvalue weighted by Gasteiger charge is -2.10. The summed E-state index contributed by atoms with van der Waals surface area (Å²) in [5.41, 5.74) is 5.88. The van der Waals surface area contributed by atoms with Gasteiger partial charge in [-0.1, -0.05) is 23.7 Å². The molecule has 0 aliphatic heterocycles. The van der Waals surface area contributed by atoms with E-state index < -0.39 is 4.92 Å². The topological polar surface area (TPSA) is 89.5 Å². The maximum Gasteiger partial charge on any atom is 0.289 e. The van der Waals surface area contributed by atoms with Crippen molar-refractivity contribution >= 4 is 45.3 Å². The quantitative estimate of drug-likeness (QED) is 0.313. The normalized spacial score (nSPS) is 11.0. The van der Waals surface area contributed by atoms with Crippen LogP contribution in [-0.2, 0) is 0 Å². The summed E-state index contributed by atoms with van der Waals surface area (Å²) in [6.07, 6.45) is 1.54. The van der Waals surface area contributed by atoms with Crippen LogP contribution in [0.2, 0.25) is 5.02 Å². The lowest BCUT2D eigenvalue weighted by atomic mass is 10.2. The minimum absolute atomic E-state index is 0.0813. The Hall–Kier alpha value is -2.97. The van der Waals surface area contributed by atoms with Crippen LogP contribution in [0.1, 0.15) is 27.3 Å². The number of hydrazone groups is 1. The number of rotatable bonds is 5. The number of nitro benzene ring substituents is 1. The molecule has 0 unspecified atom stereocenters. The number of nitro groups is 1. The molecule has 1 heterocycles. The lowest BCUT2D eigenvalue weighted by molar-refractivity contribution is -0.384. The number of hydrogen-bond donors (Lipinski definition) is 1. The average Bonchev–Trinajstić information content (AvgIpc) is 2.96. The third-order valence-electron chi connectivity index (χ3n) is 4.34.